The van der Waals surface area contributed by atoms with Crippen LogP contribution in [0.1, 0.15) is 40.2 Å². The van der Waals surface area contributed by atoms with E-state index >= 15 is 0 Å². The molecule has 36 heavy (non-hydrogen) atoms. The summed E-state index contributed by atoms with van der Waals surface area (Å²) in [6.45, 7) is 8.63. The highest BCUT2D eigenvalue weighted by Gasteiger charge is 2.36. The first-order valence-electron chi connectivity index (χ1n) is 11.6. The van der Waals surface area contributed by atoms with Crippen molar-refractivity contribution in [2.75, 3.05) is 11.5 Å². The van der Waals surface area contributed by atoms with E-state index in [-0.39, 0.29) is 25.0 Å². The van der Waals surface area contributed by atoms with Crippen LogP contribution in [0.25, 0.3) is 0 Å². The zero-order valence-electron chi connectivity index (χ0n) is 20.9. The molecule has 1 aliphatic rings. The number of carbonyl (C=O) groups excluding carboxylic acids is 3. The van der Waals surface area contributed by atoms with Crippen molar-refractivity contribution in [2.45, 2.75) is 64.8 Å². The molecule has 2 atom stereocenters. The van der Waals surface area contributed by atoms with Gasteiger partial charge in [0.1, 0.15) is 35.9 Å². The van der Waals surface area contributed by atoms with Crippen molar-refractivity contribution >= 4 is 35.2 Å². The molecule has 10 heteroatoms. The average Bonchev–Trinajstić information content (AvgIpc) is 2.88. The Morgan fingerprint density at radius 2 is 1.94 bits per heavy atom. The van der Waals surface area contributed by atoms with Gasteiger partial charge in [-0.25, -0.2) is 9.18 Å². The average molecular weight is 520 g/mol. The third-order valence-electron chi connectivity index (χ3n) is 5.29. The monoisotopic (exact) mass is 519 g/mol. The molecule has 0 fully saturated rings. The summed E-state index contributed by atoms with van der Waals surface area (Å²) in [5.74, 6) is -1.06. The van der Waals surface area contributed by atoms with Gasteiger partial charge < -0.3 is 25.0 Å². The van der Waals surface area contributed by atoms with Gasteiger partial charge in [0.2, 0.25) is 5.91 Å². The summed E-state index contributed by atoms with van der Waals surface area (Å²) in [6.07, 6.45) is -0.831. The summed E-state index contributed by atoms with van der Waals surface area (Å²) < 4.78 is 24.9. The Hall–Kier alpha value is -3.33. The van der Waals surface area contributed by atoms with Gasteiger partial charge in [0.15, 0.2) is 0 Å². The van der Waals surface area contributed by atoms with Crippen LogP contribution >= 0.6 is 11.6 Å². The molecule has 2 N–H and O–H groups in total. The molecule has 1 heterocycles. The number of anilines is 1. The second kappa shape index (κ2) is 11.2. The van der Waals surface area contributed by atoms with Gasteiger partial charge in [0, 0.05) is 23.6 Å². The Bertz CT molecular complexity index is 1130. The molecule has 0 radical (unpaired) electrons. The fourth-order valence-electron chi connectivity index (χ4n) is 3.80. The number of amides is 3. The molecule has 194 valence electrons. The van der Waals surface area contributed by atoms with Crippen molar-refractivity contribution in [1.29, 1.82) is 0 Å². The second-order valence-corrected chi connectivity index (χ2v) is 10.3. The number of fused-ring (bicyclic) bond motifs is 1. The minimum absolute atomic E-state index is 0.0195. The van der Waals surface area contributed by atoms with Crippen LogP contribution in [0, 0.1) is 5.82 Å². The highest BCUT2D eigenvalue weighted by Crippen LogP contribution is 2.35. The van der Waals surface area contributed by atoms with Gasteiger partial charge in [-0.05, 0) is 64.4 Å². The van der Waals surface area contributed by atoms with E-state index in [1.807, 2.05) is 13.8 Å². The Kier molecular flexibility index (Phi) is 8.45. The molecule has 0 unspecified atom stereocenters. The maximum absolute atomic E-state index is 13.8. The number of nitrogens with zero attached hydrogens (tertiary/aromatic N) is 1. The van der Waals surface area contributed by atoms with Crippen LogP contribution in [0.4, 0.5) is 14.9 Å². The molecule has 2 aromatic rings. The lowest BCUT2D eigenvalue weighted by molar-refractivity contribution is -0.129. The van der Waals surface area contributed by atoms with E-state index in [2.05, 4.69) is 10.6 Å². The van der Waals surface area contributed by atoms with Crippen molar-refractivity contribution in [3.05, 3.63) is 58.9 Å². The third kappa shape index (κ3) is 7.10. The van der Waals surface area contributed by atoms with Crippen LogP contribution in [0.5, 0.6) is 5.75 Å². The number of hydrogen-bond donors (Lipinski definition) is 2. The van der Waals surface area contributed by atoms with Gasteiger partial charge in [-0.2, -0.15) is 0 Å². The molecule has 3 amide bonds. The summed E-state index contributed by atoms with van der Waals surface area (Å²) in [4.78, 5) is 40.8. The van der Waals surface area contributed by atoms with E-state index in [4.69, 9.17) is 21.1 Å². The predicted molar refractivity (Wildman–Crippen MR) is 135 cm³/mol. The van der Waals surface area contributed by atoms with Gasteiger partial charge in [-0.1, -0.05) is 23.7 Å². The molecule has 0 bridgehead atoms. The number of alkyl carbamates (subject to hydrolysis) is 1. The minimum Gasteiger partial charge on any atom is -0.489 e. The molecule has 0 aliphatic carbocycles. The molecule has 0 saturated carbocycles. The van der Waals surface area contributed by atoms with Gasteiger partial charge in [0.05, 0.1) is 5.69 Å². The fourth-order valence-corrected chi connectivity index (χ4v) is 3.96. The van der Waals surface area contributed by atoms with Crippen molar-refractivity contribution in [2.24, 2.45) is 0 Å². The van der Waals surface area contributed by atoms with Crippen molar-refractivity contribution in [1.82, 2.24) is 10.6 Å². The van der Waals surface area contributed by atoms with Crippen LogP contribution in [0.3, 0.4) is 0 Å². The molecular formula is C26H31ClFN3O5. The molecule has 0 saturated heterocycles. The van der Waals surface area contributed by atoms with Crippen LogP contribution in [-0.2, 0) is 20.7 Å². The largest absolute Gasteiger partial charge is 0.489 e. The number of ether oxygens (including phenoxy) is 2. The Balaban J connectivity index is 1.84. The van der Waals surface area contributed by atoms with Crippen molar-refractivity contribution in [3.8, 4) is 5.75 Å². The van der Waals surface area contributed by atoms with Crippen LogP contribution in [-0.4, -0.2) is 48.2 Å². The van der Waals surface area contributed by atoms with Gasteiger partial charge in [-0.3, -0.25) is 9.59 Å². The number of carbonyl (C=O) groups is 3. The maximum Gasteiger partial charge on any atom is 0.408 e. The molecule has 0 spiro atoms. The van der Waals surface area contributed by atoms with Gasteiger partial charge in [0.25, 0.3) is 5.91 Å². The smallest absolute Gasteiger partial charge is 0.408 e. The lowest BCUT2D eigenvalue weighted by Gasteiger charge is -2.29. The first kappa shape index (κ1) is 27.3. The lowest BCUT2D eigenvalue weighted by atomic mass is 10.0. The SMILES string of the molecule is CC(C)N1C(=O)[C@H](NC(=O)[C@@H](Cc2cccc(F)c2)NC(=O)OC(C)(C)C)COc2cc(Cl)ccc21. The molecule has 0 aromatic heterocycles. The Labute approximate surface area is 215 Å². The number of halogens is 2. The first-order valence-corrected chi connectivity index (χ1v) is 12.0. The highest BCUT2D eigenvalue weighted by atomic mass is 35.5. The highest BCUT2D eigenvalue weighted by molar-refractivity contribution is 6.30. The zero-order valence-corrected chi connectivity index (χ0v) is 21.7. The van der Waals surface area contributed by atoms with E-state index in [0.29, 0.717) is 22.0 Å². The number of rotatable bonds is 6. The predicted octanol–water partition coefficient (Wildman–Crippen LogP) is 4.23. The van der Waals surface area contributed by atoms with E-state index in [1.165, 1.54) is 23.1 Å². The quantitative estimate of drug-likeness (QED) is 0.595. The Morgan fingerprint density at radius 1 is 1.22 bits per heavy atom. The molecular weight excluding hydrogens is 489 g/mol. The topological polar surface area (TPSA) is 97.0 Å². The Morgan fingerprint density at radius 3 is 2.58 bits per heavy atom. The zero-order chi connectivity index (χ0) is 26.6. The first-order chi connectivity index (χ1) is 16.8. The summed E-state index contributed by atoms with van der Waals surface area (Å²) in [6, 6.07) is 8.26. The van der Waals surface area contributed by atoms with E-state index in [0.717, 1.165) is 0 Å². The summed E-state index contributed by atoms with van der Waals surface area (Å²) >= 11 is 6.11. The number of nitrogens with one attached hydrogen (secondary N) is 2. The van der Waals surface area contributed by atoms with Gasteiger partial charge >= 0.3 is 6.09 Å². The number of benzene rings is 2. The van der Waals surface area contributed by atoms with Crippen LogP contribution < -0.4 is 20.3 Å². The summed E-state index contributed by atoms with van der Waals surface area (Å²) in [5, 5.41) is 5.68. The van der Waals surface area contributed by atoms with E-state index < -0.39 is 35.5 Å². The van der Waals surface area contributed by atoms with Crippen LogP contribution in [0.2, 0.25) is 5.02 Å². The van der Waals surface area contributed by atoms with E-state index in [9.17, 15) is 18.8 Å². The maximum atomic E-state index is 13.8. The standard InChI is InChI=1S/C26H31ClFN3O5/c1-15(2)31-21-10-9-17(27)13-22(21)35-14-20(24(31)33)29-23(32)19(30-25(34)36-26(3,4)5)12-16-7-6-8-18(28)11-16/h6-11,13,15,19-20H,12,14H2,1-5H3,(H,29,32)(H,30,34)/t19-,20-/m1/s1. The lowest BCUT2D eigenvalue weighted by Crippen LogP contribution is -2.57. The normalized spacial score (nSPS) is 16.5. The second-order valence-electron chi connectivity index (χ2n) is 9.82. The van der Waals surface area contributed by atoms with Gasteiger partial charge in [-0.15, -0.1) is 0 Å². The summed E-state index contributed by atoms with van der Waals surface area (Å²) in [5.41, 5.74) is 0.236. The van der Waals surface area contributed by atoms with Crippen molar-refractivity contribution < 1.29 is 28.2 Å². The minimum atomic E-state index is -1.14. The molecule has 3 rings (SSSR count). The fraction of sp³-hybridized carbons (Fsp3) is 0.423. The number of hydrogen-bond acceptors (Lipinski definition) is 5. The molecule has 2 aromatic carbocycles. The molecule has 8 nitrogen and oxygen atoms in total. The summed E-state index contributed by atoms with van der Waals surface area (Å²) in [7, 11) is 0. The van der Waals surface area contributed by atoms with E-state index in [1.54, 1.807) is 45.0 Å². The third-order valence-corrected chi connectivity index (χ3v) is 5.53. The molecule has 1 aliphatic heterocycles. The van der Waals surface area contributed by atoms with Crippen LogP contribution in [0.15, 0.2) is 42.5 Å². The van der Waals surface area contributed by atoms with Crippen molar-refractivity contribution in [3.63, 3.8) is 0 Å².